The Hall–Kier alpha value is -1.27. The van der Waals surface area contributed by atoms with E-state index >= 15 is 0 Å². The van der Waals surface area contributed by atoms with Crippen LogP contribution >= 0.6 is 11.3 Å². The van der Waals surface area contributed by atoms with E-state index in [0.717, 1.165) is 39.5 Å². The van der Waals surface area contributed by atoms with E-state index < -0.39 is 0 Å². The first-order chi connectivity index (χ1) is 11.3. The predicted octanol–water partition coefficient (Wildman–Crippen LogP) is 2.81. The van der Waals surface area contributed by atoms with E-state index in [1.165, 1.54) is 10.4 Å². The molecule has 0 N–H and O–H groups in total. The van der Waals surface area contributed by atoms with Crippen LogP contribution < -0.4 is 0 Å². The van der Waals surface area contributed by atoms with Crippen LogP contribution in [-0.4, -0.2) is 42.8 Å². The van der Waals surface area contributed by atoms with Crippen LogP contribution in [0.4, 0.5) is 0 Å². The maximum absolute atomic E-state index is 6.06. The lowest BCUT2D eigenvalue weighted by atomic mass is 9.82. The maximum atomic E-state index is 6.06. The van der Waals surface area contributed by atoms with Crippen molar-refractivity contribution >= 4 is 11.3 Å². The Morgan fingerprint density at radius 3 is 3.09 bits per heavy atom. The van der Waals surface area contributed by atoms with Crippen LogP contribution in [0.1, 0.15) is 10.4 Å². The van der Waals surface area contributed by atoms with Crippen molar-refractivity contribution in [3.8, 4) is 0 Å². The highest BCUT2D eigenvalue weighted by Crippen LogP contribution is 2.42. The minimum absolute atomic E-state index is 0.171. The minimum Gasteiger partial charge on any atom is -0.380 e. The van der Waals surface area contributed by atoms with E-state index in [-0.39, 0.29) is 5.41 Å². The topological polar surface area (TPSA) is 34.6 Å². The van der Waals surface area contributed by atoms with Gasteiger partial charge in [0.25, 0.3) is 0 Å². The number of thiophene rings is 1. The van der Waals surface area contributed by atoms with Gasteiger partial charge < -0.3 is 9.47 Å². The first-order valence-electron chi connectivity index (χ1n) is 8.13. The molecule has 0 aliphatic carbocycles. The summed E-state index contributed by atoms with van der Waals surface area (Å²) in [7, 11) is 0. The van der Waals surface area contributed by atoms with Crippen molar-refractivity contribution in [2.24, 2.45) is 11.3 Å². The number of aromatic nitrogens is 1. The Morgan fingerprint density at radius 1 is 1.35 bits per heavy atom. The number of fused-ring (bicyclic) bond motifs is 1. The second kappa shape index (κ2) is 6.69. The number of ether oxygens (including phenoxy) is 2. The molecule has 2 aliphatic rings. The zero-order valence-electron chi connectivity index (χ0n) is 13.2. The first kappa shape index (κ1) is 15.3. The molecule has 0 saturated carbocycles. The molecule has 0 radical (unpaired) electrons. The molecule has 0 bridgehead atoms. The van der Waals surface area contributed by atoms with Crippen LogP contribution in [-0.2, 0) is 22.6 Å². The molecule has 0 spiro atoms. The van der Waals surface area contributed by atoms with Gasteiger partial charge in [-0.25, -0.2) is 0 Å². The summed E-state index contributed by atoms with van der Waals surface area (Å²) in [5, 5.41) is 2.16. The van der Waals surface area contributed by atoms with Crippen LogP contribution in [0.25, 0.3) is 0 Å². The summed E-state index contributed by atoms with van der Waals surface area (Å²) >= 11 is 1.84. The molecule has 2 fully saturated rings. The molecule has 0 aromatic carbocycles. The van der Waals surface area contributed by atoms with Gasteiger partial charge in [0.1, 0.15) is 0 Å². The number of hydrogen-bond donors (Lipinski definition) is 0. The molecule has 5 heteroatoms. The van der Waals surface area contributed by atoms with Gasteiger partial charge in [-0.3, -0.25) is 9.88 Å². The van der Waals surface area contributed by atoms with Gasteiger partial charge in [0.15, 0.2) is 0 Å². The summed E-state index contributed by atoms with van der Waals surface area (Å²) in [4.78, 5) is 8.05. The highest BCUT2D eigenvalue weighted by atomic mass is 32.1. The Labute approximate surface area is 141 Å². The van der Waals surface area contributed by atoms with Gasteiger partial charge in [0.2, 0.25) is 0 Å². The van der Waals surface area contributed by atoms with Gasteiger partial charge in [-0.2, -0.15) is 0 Å². The summed E-state index contributed by atoms with van der Waals surface area (Å²) in [6.45, 7) is 6.39. The van der Waals surface area contributed by atoms with Crippen molar-refractivity contribution in [1.29, 1.82) is 0 Å². The molecule has 4 nitrogen and oxygen atoms in total. The molecular formula is C18H22N2O2S. The molecule has 2 saturated heterocycles. The van der Waals surface area contributed by atoms with E-state index in [1.807, 2.05) is 35.9 Å². The number of pyridine rings is 1. The summed E-state index contributed by atoms with van der Waals surface area (Å²) in [6.07, 6.45) is 3.63. The van der Waals surface area contributed by atoms with Crippen LogP contribution in [0.5, 0.6) is 0 Å². The molecule has 0 unspecified atom stereocenters. The Balaban J connectivity index is 1.35. The zero-order chi connectivity index (χ0) is 15.5. The third kappa shape index (κ3) is 3.33. The number of nitrogens with zero attached hydrogens (tertiary/aromatic N) is 2. The Morgan fingerprint density at radius 2 is 2.26 bits per heavy atom. The second-order valence-corrected chi connectivity index (χ2v) is 7.70. The highest BCUT2D eigenvalue weighted by Gasteiger charge is 2.50. The zero-order valence-corrected chi connectivity index (χ0v) is 14.0. The largest absolute Gasteiger partial charge is 0.380 e. The van der Waals surface area contributed by atoms with E-state index in [2.05, 4.69) is 27.4 Å². The average Bonchev–Trinajstić information content (AvgIpc) is 3.25. The fraction of sp³-hybridized carbons (Fsp3) is 0.500. The number of likely N-dealkylation sites (tertiary alicyclic amines) is 1. The third-order valence-electron chi connectivity index (χ3n) is 4.96. The lowest BCUT2D eigenvalue weighted by molar-refractivity contribution is 0.0183. The highest BCUT2D eigenvalue weighted by molar-refractivity contribution is 7.09. The van der Waals surface area contributed by atoms with Crippen molar-refractivity contribution in [2.75, 3.05) is 32.9 Å². The van der Waals surface area contributed by atoms with Crippen molar-refractivity contribution < 1.29 is 9.47 Å². The van der Waals surface area contributed by atoms with Crippen LogP contribution in [0, 0.1) is 11.3 Å². The van der Waals surface area contributed by atoms with Crippen LogP contribution in [0.2, 0.25) is 0 Å². The molecule has 23 heavy (non-hydrogen) atoms. The van der Waals surface area contributed by atoms with Crippen molar-refractivity contribution in [1.82, 2.24) is 9.88 Å². The summed E-state index contributed by atoms with van der Waals surface area (Å²) < 4.78 is 11.8. The fourth-order valence-corrected chi connectivity index (χ4v) is 4.49. The molecule has 2 atom stereocenters. The molecular weight excluding hydrogens is 308 g/mol. The van der Waals surface area contributed by atoms with Gasteiger partial charge in [-0.05, 0) is 29.1 Å². The van der Waals surface area contributed by atoms with E-state index in [1.54, 1.807) is 0 Å². The van der Waals surface area contributed by atoms with E-state index in [0.29, 0.717) is 12.5 Å². The molecule has 0 amide bonds. The maximum Gasteiger partial charge on any atom is 0.0718 e. The van der Waals surface area contributed by atoms with Crippen molar-refractivity contribution in [3.63, 3.8) is 0 Å². The Bertz CT molecular complexity index is 619. The van der Waals surface area contributed by atoms with Gasteiger partial charge in [0, 0.05) is 48.2 Å². The quantitative estimate of drug-likeness (QED) is 0.816. The van der Waals surface area contributed by atoms with Crippen molar-refractivity contribution in [2.45, 2.75) is 13.2 Å². The molecule has 4 rings (SSSR count). The number of rotatable bonds is 6. The minimum atomic E-state index is 0.171. The van der Waals surface area contributed by atoms with Gasteiger partial charge >= 0.3 is 0 Å². The molecule has 122 valence electrons. The fourth-order valence-electron chi connectivity index (χ4n) is 3.74. The first-order valence-corrected chi connectivity index (χ1v) is 9.01. The Kier molecular flexibility index (Phi) is 4.44. The normalized spacial score (nSPS) is 27.4. The van der Waals surface area contributed by atoms with Crippen molar-refractivity contribution in [3.05, 3.63) is 52.5 Å². The molecule has 2 aromatic heterocycles. The molecule has 4 heterocycles. The molecule has 2 aromatic rings. The third-order valence-corrected chi connectivity index (χ3v) is 5.82. The lowest BCUT2D eigenvalue weighted by Gasteiger charge is -2.27. The van der Waals surface area contributed by atoms with Gasteiger partial charge in [0.05, 0.1) is 26.4 Å². The predicted molar refractivity (Wildman–Crippen MR) is 90.2 cm³/mol. The van der Waals surface area contributed by atoms with Crippen LogP contribution in [0.3, 0.4) is 0 Å². The average molecular weight is 330 g/mol. The smallest absolute Gasteiger partial charge is 0.0718 e. The SMILES string of the molecule is c1csc(CN2C[C@H]3COC[C@@]3(COCc3ccncc3)C2)c1. The summed E-state index contributed by atoms with van der Waals surface area (Å²) in [5.41, 5.74) is 1.35. The summed E-state index contributed by atoms with van der Waals surface area (Å²) in [6, 6.07) is 8.38. The summed E-state index contributed by atoms with van der Waals surface area (Å²) in [5.74, 6) is 0.597. The lowest BCUT2D eigenvalue weighted by Crippen LogP contribution is -2.35. The second-order valence-electron chi connectivity index (χ2n) is 6.67. The van der Waals surface area contributed by atoms with Gasteiger partial charge in [-0.1, -0.05) is 6.07 Å². The number of hydrogen-bond acceptors (Lipinski definition) is 5. The van der Waals surface area contributed by atoms with Gasteiger partial charge in [-0.15, -0.1) is 11.3 Å². The van der Waals surface area contributed by atoms with E-state index in [9.17, 15) is 0 Å². The van der Waals surface area contributed by atoms with E-state index in [4.69, 9.17) is 9.47 Å². The van der Waals surface area contributed by atoms with Crippen LogP contribution in [0.15, 0.2) is 42.0 Å². The standard InChI is InChI=1S/C18H22N2O2S/c1-2-17(23-7-1)9-20-8-16-11-22-14-18(16,12-20)13-21-10-15-3-5-19-6-4-15/h1-7,16H,8-14H2/t16-,18-/m0/s1. The monoisotopic (exact) mass is 330 g/mol. The molecule has 2 aliphatic heterocycles.